The van der Waals surface area contributed by atoms with Crippen LogP contribution in [0.4, 0.5) is 0 Å². The molecule has 0 aliphatic rings. The summed E-state index contributed by atoms with van der Waals surface area (Å²) in [6, 6.07) is 7.14. The van der Waals surface area contributed by atoms with Crippen molar-refractivity contribution in [2.75, 3.05) is 14.2 Å². The summed E-state index contributed by atoms with van der Waals surface area (Å²) in [6.45, 7) is 1.87. The van der Waals surface area contributed by atoms with Gasteiger partial charge in [0.1, 0.15) is 0 Å². The van der Waals surface area contributed by atoms with Gasteiger partial charge in [0.2, 0.25) is 0 Å². The molecule has 0 aliphatic carbocycles. The van der Waals surface area contributed by atoms with Gasteiger partial charge in [0.05, 0.1) is 14.2 Å². The fourth-order valence-electron chi connectivity index (χ4n) is 1.95. The van der Waals surface area contributed by atoms with Crippen molar-refractivity contribution < 1.29 is 23.9 Å². The van der Waals surface area contributed by atoms with Gasteiger partial charge >= 0.3 is 11.9 Å². The van der Waals surface area contributed by atoms with Crippen LogP contribution in [0.25, 0.3) is 0 Å². The molecule has 1 unspecified atom stereocenters. The number of rotatable bonds is 7. The Kier molecular flexibility index (Phi) is 6.32. The Morgan fingerprint density at radius 2 is 1.81 bits per heavy atom. The second-order valence-electron chi connectivity index (χ2n) is 4.42. The Hall–Kier alpha value is -2.44. The molecule has 0 heterocycles. The molecule has 0 radical (unpaired) electrons. The van der Waals surface area contributed by atoms with Crippen molar-refractivity contribution in [1.29, 1.82) is 0 Å². The molecule has 0 bridgehead atoms. The quantitative estimate of drug-likeness (QED) is 0.331. The third-order valence-electron chi connectivity index (χ3n) is 3.01. The first-order valence-electron chi connectivity index (χ1n) is 6.24. The maximum absolute atomic E-state index is 11.7. The second-order valence-corrected chi connectivity index (χ2v) is 4.42. The van der Waals surface area contributed by atoms with Gasteiger partial charge in [-0.05, 0) is 12.5 Å². The first-order valence-corrected chi connectivity index (χ1v) is 6.24. The Morgan fingerprint density at radius 3 is 2.29 bits per heavy atom. The van der Waals surface area contributed by atoms with Crippen LogP contribution < -0.4 is 0 Å². The van der Waals surface area contributed by atoms with E-state index in [1.54, 1.807) is 18.2 Å². The summed E-state index contributed by atoms with van der Waals surface area (Å²) in [5, 5.41) is 2.41. The van der Waals surface area contributed by atoms with Crippen molar-refractivity contribution in [2.24, 2.45) is 11.3 Å². The molecule has 7 heteroatoms. The van der Waals surface area contributed by atoms with Crippen molar-refractivity contribution in [3.05, 3.63) is 40.3 Å². The number of benzene rings is 1. The second kappa shape index (κ2) is 7.98. The van der Waals surface area contributed by atoms with Crippen LogP contribution in [0.1, 0.15) is 23.7 Å². The van der Waals surface area contributed by atoms with E-state index in [9.17, 15) is 14.5 Å². The molecule has 1 aromatic rings. The molecule has 7 nitrogen and oxygen atoms in total. The first-order chi connectivity index (χ1) is 10.0. The van der Waals surface area contributed by atoms with Gasteiger partial charge in [-0.2, -0.15) is 0 Å². The number of nitrogens with zero attached hydrogens (tertiary/aromatic N) is 1. The molecule has 114 valence electrons. The Morgan fingerprint density at radius 1 is 1.19 bits per heavy atom. The molecule has 0 saturated heterocycles. The Labute approximate surface area is 122 Å². The van der Waals surface area contributed by atoms with E-state index in [-0.39, 0.29) is 6.42 Å². The lowest BCUT2D eigenvalue weighted by atomic mass is 9.96. The number of ether oxygens (including phenoxy) is 2. The van der Waals surface area contributed by atoms with E-state index in [4.69, 9.17) is 4.84 Å². The van der Waals surface area contributed by atoms with E-state index in [1.807, 2.05) is 13.0 Å². The molecule has 0 N–H and O–H groups in total. The maximum atomic E-state index is 11.7. The van der Waals surface area contributed by atoms with Gasteiger partial charge in [0.15, 0.2) is 17.4 Å². The van der Waals surface area contributed by atoms with Crippen LogP contribution in [0, 0.1) is 17.7 Å². The largest absolute Gasteiger partial charge is 0.468 e. The van der Waals surface area contributed by atoms with Crippen molar-refractivity contribution in [3.63, 3.8) is 0 Å². The molecule has 0 aromatic heterocycles. The monoisotopic (exact) mass is 295 g/mol. The van der Waals surface area contributed by atoms with Crippen molar-refractivity contribution >= 4 is 11.9 Å². The van der Waals surface area contributed by atoms with Crippen molar-refractivity contribution in [1.82, 2.24) is 0 Å². The van der Waals surface area contributed by atoms with Gasteiger partial charge in [-0.3, -0.25) is 9.59 Å². The highest BCUT2D eigenvalue weighted by Crippen LogP contribution is 2.27. The molecular weight excluding hydrogens is 278 g/mol. The molecule has 0 saturated carbocycles. The summed E-state index contributed by atoms with van der Waals surface area (Å²) in [5.41, 5.74) is 1.58. The highest BCUT2D eigenvalue weighted by Gasteiger charge is 2.33. The lowest BCUT2D eigenvalue weighted by Gasteiger charge is -2.18. The minimum atomic E-state index is -1.19. The van der Waals surface area contributed by atoms with Crippen LogP contribution >= 0.6 is 0 Å². The average molecular weight is 295 g/mol. The number of carbonyl (C=O) groups excluding carboxylic acids is 2. The molecule has 0 aliphatic heterocycles. The number of aryl methyl sites for hydroxylation is 1. The molecule has 1 aromatic carbocycles. The van der Waals surface area contributed by atoms with Gasteiger partial charge in [0, 0.05) is 6.42 Å². The smallest absolute Gasteiger partial charge is 0.320 e. The number of hydrogen-bond donors (Lipinski definition) is 0. The number of methoxy groups -OCH3 is 2. The zero-order valence-electron chi connectivity index (χ0n) is 12.1. The maximum Gasteiger partial charge on any atom is 0.320 e. The van der Waals surface area contributed by atoms with Gasteiger partial charge in [-0.15, -0.1) is 4.91 Å². The van der Waals surface area contributed by atoms with Gasteiger partial charge in [0.25, 0.3) is 0 Å². The molecule has 0 fully saturated rings. The third-order valence-corrected chi connectivity index (χ3v) is 3.01. The summed E-state index contributed by atoms with van der Waals surface area (Å²) in [5.74, 6) is -2.70. The van der Waals surface area contributed by atoms with Crippen LogP contribution in [0.15, 0.2) is 29.6 Å². The summed E-state index contributed by atoms with van der Waals surface area (Å²) in [4.78, 5) is 38.5. The zero-order valence-corrected chi connectivity index (χ0v) is 12.1. The van der Waals surface area contributed by atoms with Crippen molar-refractivity contribution in [2.45, 2.75) is 19.4 Å². The minimum Gasteiger partial charge on any atom is -0.468 e. The summed E-state index contributed by atoms with van der Waals surface area (Å²) in [6.07, 6.45) is -0.945. The highest BCUT2D eigenvalue weighted by molar-refractivity contribution is 5.94. The first kappa shape index (κ1) is 16.6. The van der Waals surface area contributed by atoms with E-state index in [1.165, 1.54) is 14.2 Å². The topological polar surface area (TPSA) is 91.3 Å². The predicted molar refractivity (Wildman–Crippen MR) is 72.9 cm³/mol. The van der Waals surface area contributed by atoms with Crippen LogP contribution in [0.3, 0.4) is 0 Å². The van der Waals surface area contributed by atoms with E-state index in [0.717, 1.165) is 5.56 Å². The van der Waals surface area contributed by atoms with E-state index in [0.29, 0.717) is 5.56 Å². The van der Waals surface area contributed by atoms with E-state index in [2.05, 4.69) is 14.8 Å². The van der Waals surface area contributed by atoms with Gasteiger partial charge < -0.3 is 14.3 Å². The fourth-order valence-corrected chi connectivity index (χ4v) is 1.95. The third kappa shape index (κ3) is 4.55. The van der Waals surface area contributed by atoms with E-state index >= 15 is 0 Å². The Balaban J connectivity index is 3.01. The predicted octanol–water partition coefficient (Wildman–Crippen LogP) is 2.09. The number of carbonyl (C=O) groups is 2. The SMILES string of the molecule is COC(=O)C(CC(ON=O)c1cccc(C)c1)C(=O)OC. The highest BCUT2D eigenvalue weighted by atomic mass is 16.7. The minimum absolute atomic E-state index is 0.103. The molecule has 1 atom stereocenters. The standard InChI is InChI=1S/C14H17NO6/c1-9-5-4-6-10(7-9)12(21-15-18)8-11(13(16)19-2)14(17)20-3/h4-7,11-12H,8H2,1-3H3. The average Bonchev–Trinajstić information content (AvgIpc) is 2.49. The molecule has 0 amide bonds. The van der Waals surface area contributed by atoms with Gasteiger partial charge in [-0.1, -0.05) is 29.8 Å². The molecule has 0 spiro atoms. The Bertz CT molecular complexity index is 500. The fraction of sp³-hybridized carbons (Fsp3) is 0.429. The molecular formula is C14H17NO6. The van der Waals surface area contributed by atoms with E-state index < -0.39 is 24.0 Å². The van der Waals surface area contributed by atoms with Crippen LogP contribution in [-0.2, 0) is 23.9 Å². The number of hydrogen-bond acceptors (Lipinski definition) is 7. The van der Waals surface area contributed by atoms with Crippen LogP contribution in [0.5, 0.6) is 0 Å². The summed E-state index contributed by atoms with van der Waals surface area (Å²) in [7, 11) is 2.33. The van der Waals surface area contributed by atoms with Crippen LogP contribution in [-0.4, -0.2) is 26.2 Å². The summed E-state index contributed by atoms with van der Waals surface area (Å²) >= 11 is 0. The van der Waals surface area contributed by atoms with Crippen molar-refractivity contribution in [3.8, 4) is 0 Å². The van der Waals surface area contributed by atoms with Gasteiger partial charge in [-0.25, -0.2) is 0 Å². The molecule has 21 heavy (non-hydrogen) atoms. The lowest BCUT2D eigenvalue weighted by molar-refractivity contribution is -0.160. The summed E-state index contributed by atoms with van der Waals surface area (Å²) < 4.78 is 9.14. The lowest BCUT2D eigenvalue weighted by Crippen LogP contribution is -2.28. The van der Waals surface area contributed by atoms with Crippen LogP contribution in [0.2, 0.25) is 0 Å². The normalized spacial score (nSPS) is 11.6. The molecule has 1 rings (SSSR count). The number of esters is 2. The zero-order chi connectivity index (χ0) is 15.8.